The number of benzene rings is 1. The third-order valence-corrected chi connectivity index (χ3v) is 3.06. The van der Waals surface area contributed by atoms with E-state index in [9.17, 15) is 9.18 Å². The normalized spacial score (nSPS) is 12.7. The van der Waals surface area contributed by atoms with Gasteiger partial charge in [-0.2, -0.15) is 0 Å². The Bertz CT molecular complexity index is 432. The molecule has 0 heterocycles. The minimum absolute atomic E-state index is 0.226. The largest absolute Gasteiger partial charge is 0.481 e. The Balaban J connectivity index is 2.47. The first-order chi connectivity index (χ1) is 8.90. The highest BCUT2D eigenvalue weighted by Gasteiger charge is 2.18. The van der Waals surface area contributed by atoms with Crippen LogP contribution in [0.1, 0.15) is 31.4 Å². The first kappa shape index (κ1) is 15.6. The summed E-state index contributed by atoms with van der Waals surface area (Å²) in [5, 5.41) is 12.2. The minimum Gasteiger partial charge on any atom is -0.481 e. The van der Waals surface area contributed by atoms with Crippen molar-refractivity contribution in [2.75, 3.05) is 6.54 Å². The molecule has 0 fully saturated rings. The van der Waals surface area contributed by atoms with Crippen molar-refractivity contribution in [3.63, 3.8) is 0 Å². The highest BCUT2D eigenvalue weighted by Crippen LogP contribution is 2.12. The van der Waals surface area contributed by atoms with E-state index >= 15 is 0 Å². The Hall–Kier alpha value is -1.42. The van der Waals surface area contributed by atoms with Crippen LogP contribution in [0.2, 0.25) is 0 Å². The molecular weight excluding hydrogens is 245 g/mol. The summed E-state index contributed by atoms with van der Waals surface area (Å²) in [6.07, 6.45) is 0.643. The molecule has 1 unspecified atom stereocenters. The molecule has 0 aliphatic carbocycles. The van der Waals surface area contributed by atoms with Crippen LogP contribution in [0.4, 0.5) is 4.39 Å². The van der Waals surface area contributed by atoms with Gasteiger partial charge in [0, 0.05) is 13.1 Å². The van der Waals surface area contributed by atoms with Crippen molar-refractivity contribution in [3.05, 3.63) is 35.1 Å². The van der Waals surface area contributed by atoms with Crippen LogP contribution in [-0.2, 0) is 11.3 Å². The maximum absolute atomic E-state index is 13.3. The number of rotatable bonds is 7. The Kier molecular flexibility index (Phi) is 5.96. The van der Waals surface area contributed by atoms with E-state index in [0.29, 0.717) is 31.0 Å². The minimum atomic E-state index is -0.781. The van der Waals surface area contributed by atoms with Crippen LogP contribution in [0, 0.1) is 24.6 Å². The molecule has 106 valence electrons. The van der Waals surface area contributed by atoms with E-state index in [1.54, 1.807) is 13.0 Å². The van der Waals surface area contributed by atoms with Gasteiger partial charge in [-0.25, -0.2) is 4.39 Å². The summed E-state index contributed by atoms with van der Waals surface area (Å²) in [6.45, 7) is 6.62. The Labute approximate surface area is 113 Å². The van der Waals surface area contributed by atoms with Gasteiger partial charge in [0.2, 0.25) is 0 Å². The van der Waals surface area contributed by atoms with Gasteiger partial charge in [0.25, 0.3) is 0 Å². The zero-order valence-corrected chi connectivity index (χ0v) is 11.7. The number of hydrogen-bond acceptors (Lipinski definition) is 2. The number of hydrogen-bond donors (Lipinski definition) is 2. The van der Waals surface area contributed by atoms with Crippen molar-refractivity contribution >= 4 is 5.97 Å². The smallest absolute Gasteiger partial charge is 0.307 e. The lowest BCUT2D eigenvalue weighted by Gasteiger charge is -2.15. The third-order valence-electron chi connectivity index (χ3n) is 3.06. The fourth-order valence-electron chi connectivity index (χ4n) is 1.98. The fraction of sp³-hybridized carbons (Fsp3) is 0.533. The molecule has 0 saturated carbocycles. The number of nitrogens with one attached hydrogen (secondary N) is 1. The predicted molar refractivity (Wildman–Crippen MR) is 73.4 cm³/mol. The number of aliphatic carboxylic acids is 1. The summed E-state index contributed by atoms with van der Waals surface area (Å²) in [7, 11) is 0. The maximum atomic E-state index is 13.3. The van der Waals surface area contributed by atoms with Gasteiger partial charge in [-0.1, -0.05) is 26.0 Å². The maximum Gasteiger partial charge on any atom is 0.307 e. The summed E-state index contributed by atoms with van der Waals surface area (Å²) in [6, 6.07) is 5.07. The summed E-state index contributed by atoms with van der Waals surface area (Å²) in [5.74, 6) is -1.05. The monoisotopic (exact) mass is 267 g/mol. The number of aryl methyl sites for hydroxylation is 1. The Morgan fingerprint density at radius 2 is 2.11 bits per heavy atom. The zero-order valence-electron chi connectivity index (χ0n) is 11.7. The van der Waals surface area contributed by atoms with Crippen LogP contribution in [0.5, 0.6) is 0 Å². The number of carboxylic acids is 1. The lowest BCUT2D eigenvalue weighted by Crippen LogP contribution is -2.29. The van der Waals surface area contributed by atoms with Gasteiger partial charge in [-0.15, -0.1) is 0 Å². The summed E-state index contributed by atoms with van der Waals surface area (Å²) in [5.41, 5.74) is 1.45. The van der Waals surface area contributed by atoms with E-state index in [1.165, 1.54) is 6.07 Å². The van der Waals surface area contributed by atoms with Crippen LogP contribution in [0.25, 0.3) is 0 Å². The summed E-state index contributed by atoms with van der Waals surface area (Å²) < 4.78 is 13.3. The molecular formula is C15H22FNO2. The average Bonchev–Trinajstić information content (AvgIpc) is 2.31. The first-order valence-corrected chi connectivity index (χ1v) is 6.58. The third kappa shape index (κ3) is 5.39. The van der Waals surface area contributed by atoms with E-state index in [0.717, 1.165) is 5.56 Å². The molecule has 0 saturated heterocycles. The predicted octanol–water partition coefficient (Wildman–Crippen LogP) is 2.97. The van der Waals surface area contributed by atoms with Crippen molar-refractivity contribution in [2.45, 2.75) is 33.7 Å². The van der Waals surface area contributed by atoms with Crippen LogP contribution in [-0.4, -0.2) is 17.6 Å². The van der Waals surface area contributed by atoms with E-state index in [4.69, 9.17) is 5.11 Å². The molecule has 0 spiro atoms. The second-order valence-corrected chi connectivity index (χ2v) is 5.38. The van der Waals surface area contributed by atoms with Crippen LogP contribution in [0.3, 0.4) is 0 Å². The van der Waals surface area contributed by atoms with E-state index in [-0.39, 0.29) is 5.82 Å². The van der Waals surface area contributed by atoms with E-state index in [1.807, 2.05) is 19.9 Å². The molecule has 19 heavy (non-hydrogen) atoms. The van der Waals surface area contributed by atoms with Gasteiger partial charge in [-0.3, -0.25) is 4.79 Å². The number of carboxylic acid groups (broad SMARTS) is 1. The lowest BCUT2D eigenvalue weighted by molar-refractivity contribution is -0.142. The molecule has 1 aromatic carbocycles. The molecule has 0 aliphatic rings. The molecule has 0 bridgehead atoms. The molecule has 0 aromatic heterocycles. The molecule has 1 atom stereocenters. The molecule has 2 N–H and O–H groups in total. The van der Waals surface area contributed by atoms with Gasteiger partial charge >= 0.3 is 5.97 Å². The van der Waals surface area contributed by atoms with Crippen molar-refractivity contribution in [1.82, 2.24) is 5.32 Å². The van der Waals surface area contributed by atoms with E-state index in [2.05, 4.69) is 5.32 Å². The second kappa shape index (κ2) is 7.24. The van der Waals surface area contributed by atoms with Gasteiger partial charge in [0.05, 0.1) is 5.92 Å². The van der Waals surface area contributed by atoms with Crippen molar-refractivity contribution in [2.24, 2.45) is 11.8 Å². The lowest BCUT2D eigenvalue weighted by atomic mass is 9.97. The van der Waals surface area contributed by atoms with Crippen LogP contribution in [0.15, 0.2) is 18.2 Å². The van der Waals surface area contributed by atoms with Crippen LogP contribution < -0.4 is 5.32 Å². The van der Waals surface area contributed by atoms with Gasteiger partial charge in [0.15, 0.2) is 0 Å². The second-order valence-electron chi connectivity index (χ2n) is 5.38. The average molecular weight is 267 g/mol. The first-order valence-electron chi connectivity index (χ1n) is 6.58. The molecule has 1 rings (SSSR count). The molecule has 4 heteroatoms. The van der Waals surface area contributed by atoms with E-state index < -0.39 is 11.9 Å². The topological polar surface area (TPSA) is 49.3 Å². The van der Waals surface area contributed by atoms with Crippen molar-refractivity contribution < 1.29 is 14.3 Å². The van der Waals surface area contributed by atoms with Crippen LogP contribution >= 0.6 is 0 Å². The van der Waals surface area contributed by atoms with Gasteiger partial charge in [-0.05, 0) is 36.5 Å². The standard InChI is InChI=1S/C15H22FNO2/c1-10(2)6-13(15(18)19)9-17-8-12-5-4-11(3)14(16)7-12/h4-5,7,10,13,17H,6,8-9H2,1-3H3,(H,18,19). The van der Waals surface area contributed by atoms with Crippen molar-refractivity contribution in [1.29, 1.82) is 0 Å². The number of carbonyl (C=O) groups is 1. The summed E-state index contributed by atoms with van der Waals surface area (Å²) in [4.78, 5) is 11.1. The molecule has 0 aliphatic heterocycles. The number of halogens is 1. The highest BCUT2D eigenvalue weighted by atomic mass is 19.1. The van der Waals surface area contributed by atoms with Crippen molar-refractivity contribution in [3.8, 4) is 0 Å². The SMILES string of the molecule is Cc1ccc(CNCC(CC(C)C)C(=O)O)cc1F. The molecule has 1 aromatic rings. The Morgan fingerprint density at radius 3 is 2.63 bits per heavy atom. The highest BCUT2D eigenvalue weighted by molar-refractivity contribution is 5.70. The molecule has 0 amide bonds. The quantitative estimate of drug-likeness (QED) is 0.798. The Morgan fingerprint density at radius 1 is 1.42 bits per heavy atom. The van der Waals surface area contributed by atoms with Gasteiger partial charge < -0.3 is 10.4 Å². The fourth-order valence-corrected chi connectivity index (χ4v) is 1.98. The zero-order chi connectivity index (χ0) is 14.4. The summed E-state index contributed by atoms with van der Waals surface area (Å²) >= 11 is 0. The molecule has 3 nitrogen and oxygen atoms in total. The molecule has 0 radical (unpaired) electrons. The van der Waals surface area contributed by atoms with Gasteiger partial charge in [0.1, 0.15) is 5.82 Å².